The van der Waals surface area contributed by atoms with Crippen LogP contribution in [0.5, 0.6) is 0 Å². The third-order valence-corrected chi connectivity index (χ3v) is 8.14. The number of nitro groups is 1. The zero-order valence-corrected chi connectivity index (χ0v) is 18.4. The van der Waals surface area contributed by atoms with Crippen LogP contribution >= 0.6 is 0 Å². The first kappa shape index (κ1) is 22.5. The number of benzene rings is 1. The summed E-state index contributed by atoms with van der Waals surface area (Å²) in [5.41, 5.74) is 0.193. The lowest BCUT2D eigenvalue weighted by atomic mass is 9.95. The highest BCUT2D eigenvalue weighted by Crippen LogP contribution is 2.34. The van der Waals surface area contributed by atoms with Gasteiger partial charge in [0.25, 0.3) is 5.69 Å². The minimum atomic E-state index is -3.77. The summed E-state index contributed by atoms with van der Waals surface area (Å²) >= 11 is 0. The second kappa shape index (κ2) is 9.30. The number of nitro benzene ring substituents is 1. The highest BCUT2D eigenvalue weighted by atomic mass is 32.2. The van der Waals surface area contributed by atoms with E-state index in [2.05, 4.69) is 0 Å². The molecule has 2 fully saturated rings. The van der Waals surface area contributed by atoms with Gasteiger partial charge in [0, 0.05) is 51.3 Å². The van der Waals surface area contributed by atoms with Crippen LogP contribution in [0.4, 0.5) is 11.4 Å². The topological polar surface area (TPSA) is 104 Å². The van der Waals surface area contributed by atoms with Crippen molar-refractivity contribution < 1.29 is 18.1 Å². The fraction of sp³-hybridized carbons (Fsp3) is 0.650. The summed E-state index contributed by atoms with van der Waals surface area (Å²) in [6, 6.07) is 4.12. The minimum absolute atomic E-state index is 0.0410. The molecule has 0 saturated carbocycles. The monoisotopic (exact) mass is 438 g/mol. The maximum atomic E-state index is 12.7. The van der Waals surface area contributed by atoms with E-state index >= 15 is 0 Å². The van der Waals surface area contributed by atoms with Crippen LogP contribution in [-0.4, -0.2) is 67.7 Å². The first-order valence-electron chi connectivity index (χ1n) is 10.6. The Hall–Kier alpha value is -2.20. The van der Waals surface area contributed by atoms with Gasteiger partial charge in [0.15, 0.2) is 0 Å². The van der Waals surface area contributed by atoms with Gasteiger partial charge >= 0.3 is 0 Å². The van der Waals surface area contributed by atoms with E-state index in [-0.39, 0.29) is 22.4 Å². The second-order valence-corrected chi connectivity index (χ2v) is 9.73. The van der Waals surface area contributed by atoms with Gasteiger partial charge in [-0.25, -0.2) is 8.42 Å². The largest absolute Gasteiger partial charge is 0.366 e. The van der Waals surface area contributed by atoms with E-state index in [1.165, 1.54) is 16.4 Å². The number of hydrogen-bond acceptors (Lipinski definition) is 6. The lowest BCUT2D eigenvalue weighted by Gasteiger charge is -2.34. The van der Waals surface area contributed by atoms with Gasteiger partial charge in [0.1, 0.15) is 5.69 Å². The Morgan fingerprint density at radius 1 is 1.13 bits per heavy atom. The number of amides is 1. The highest BCUT2D eigenvalue weighted by Gasteiger charge is 2.33. The van der Waals surface area contributed by atoms with E-state index in [0.29, 0.717) is 44.7 Å². The summed E-state index contributed by atoms with van der Waals surface area (Å²) in [5.74, 6) is 0.156. The van der Waals surface area contributed by atoms with Crippen molar-refractivity contribution in [2.24, 2.45) is 5.92 Å². The van der Waals surface area contributed by atoms with E-state index < -0.39 is 14.9 Å². The number of carbonyl (C=O) groups is 1. The maximum Gasteiger partial charge on any atom is 0.293 e. The van der Waals surface area contributed by atoms with Crippen molar-refractivity contribution in [3.05, 3.63) is 28.3 Å². The van der Waals surface area contributed by atoms with Crippen molar-refractivity contribution in [3.8, 4) is 0 Å². The molecule has 1 amide bonds. The molecule has 10 heteroatoms. The molecule has 1 aromatic rings. The van der Waals surface area contributed by atoms with Crippen LogP contribution < -0.4 is 4.90 Å². The number of piperidine rings is 1. The summed E-state index contributed by atoms with van der Waals surface area (Å²) in [6.45, 7) is 6.79. The van der Waals surface area contributed by atoms with Crippen LogP contribution in [0.2, 0.25) is 0 Å². The fourth-order valence-corrected chi connectivity index (χ4v) is 5.83. The summed E-state index contributed by atoms with van der Waals surface area (Å²) in [7, 11) is -3.77. The van der Waals surface area contributed by atoms with Gasteiger partial charge in [-0.3, -0.25) is 14.9 Å². The molecule has 3 rings (SSSR count). The zero-order chi connectivity index (χ0) is 21.9. The smallest absolute Gasteiger partial charge is 0.293 e. The SMILES string of the molecule is CCN(CC)S(=O)(=O)c1ccc(N2CCC(C(=O)N3CCCC3)CC2)c([N+](=O)[O-])c1. The molecule has 9 nitrogen and oxygen atoms in total. The second-order valence-electron chi connectivity index (χ2n) is 7.79. The number of sulfonamides is 1. The molecule has 1 aromatic carbocycles. The Labute approximate surface area is 177 Å². The Morgan fingerprint density at radius 2 is 1.73 bits per heavy atom. The molecule has 2 aliphatic rings. The van der Waals surface area contributed by atoms with E-state index in [1.807, 2.05) is 9.80 Å². The highest BCUT2D eigenvalue weighted by molar-refractivity contribution is 7.89. The third kappa shape index (κ3) is 4.44. The zero-order valence-electron chi connectivity index (χ0n) is 17.6. The Balaban J connectivity index is 1.78. The van der Waals surface area contributed by atoms with Gasteiger partial charge in [-0.2, -0.15) is 4.31 Å². The normalized spacial score (nSPS) is 18.2. The van der Waals surface area contributed by atoms with Gasteiger partial charge in [-0.05, 0) is 37.8 Å². The van der Waals surface area contributed by atoms with E-state index in [0.717, 1.165) is 32.0 Å². The molecule has 0 unspecified atom stereocenters. The number of carbonyl (C=O) groups excluding carboxylic acids is 1. The van der Waals surface area contributed by atoms with Crippen molar-refractivity contribution in [2.75, 3.05) is 44.2 Å². The van der Waals surface area contributed by atoms with Crippen LogP contribution in [-0.2, 0) is 14.8 Å². The first-order valence-corrected chi connectivity index (χ1v) is 12.1. The van der Waals surface area contributed by atoms with Crippen molar-refractivity contribution in [1.82, 2.24) is 9.21 Å². The molecule has 30 heavy (non-hydrogen) atoms. The molecule has 0 aliphatic carbocycles. The number of nitrogens with zero attached hydrogens (tertiary/aromatic N) is 4. The molecule has 0 bridgehead atoms. The van der Waals surface area contributed by atoms with Gasteiger partial charge in [-0.1, -0.05) is 13.8 Å². The predicted octanol–water partition coefficient (Wildman–Crippen LogP) is 2.46. The van der Waals surface area contributed by atoms with Crippen molar-refractivity contribution >= 4 is 27.3 Å². The molecule has 166 valence electrons. The molecule has 0 aromatic heterocycles. The Kier molecular flexibility index (Phi) is 6.97. The lowest BCUT2D eigenvalue weighted by Crippen LogP contribution is -2.41. The number of rotatable bonds is 7. The molecular weight excluding hydrogens is 408 g/mol. The molecule has 2 heterocycles. The van der Waals surface area contributed by atoms with Crippen molar-refractivity contribution in [1.29, 1.82) is 0 Å². The van der Waals surface area contributed by atoms with Crippen molar-refractivity contribution in [3.63, 3.8) is 0 Å². The van der Waals surface area contributed by atoms with E-state index in [4.69, 9.17) is 0 Å². The van der Waals surface area contributed by atoms with Crippen LogP contribution in [0.25, 0.3) is 0 Å². The molecule has 2 aliphatic heterocycles. The summed E-state index contributed by atoms with van der Waals surface area (Å²) in [6.07, 6.45) is 3.40. The standard InChI is InChI=1S/C20H30N4O5S/c1-3-23(4-2)30(28,29)17-7-8-18(19(15-17)24(26)27)21-13-9-16(10-14-21)20(25)22-11-5-6-12-22/h7-8,15-16H,3-6,9-14H2,1-2H3. The van der Waals surface area contributed by atoms with Gasteiger partial charge in [-0.15, -0.1) is 0 Å². The minimum Gasteiger partial charge on any atom is -0.366 e. The average molecular weight is 439 g/mol. The Morgan fingerprint density at radius 3 is 2.27 bits per heavy atom. The van der Waals surface area contributed by atoms with Crippen LogP contribution in [0.15, 0.2) is 23.1 Å². The maximum absolute atomic E-state index is 12.7. The van der Waals surface area contributed by atoms with Crippen molar-refractivity contribution in [2.45, 2.75) is 44.4 Å². The molecule has 2 saturated heterocycles. The number of hydrogen-bond donors (Lipinski definition) is 0. The quantitative estimate of drug-likeness (QED) is 0.478. The lowest BCUT2D eigenvalue weighted by molar-refractivity contribution is -0.384. The summed E-state index contributed by atoms with van der Waals surface area (Å²) in [4.78, 5) is 27.5. The predicted molar refractivity (Wildman–Crippen MR) is 114 cm³/mol. The third-order valence-electron chi connectivity index (χ3n) is 6.09. The molecule has 0 N–H and O–H groups in total. The molecule has 0 spiro atoms. The fourth-order valence-electron chi connectivity index (χ4n) is 4.35. The van der Waals surface area contributed by atoms with Crippen LogP contribution in [0, 0.1) is 16.0 Å². The van der Waals surface area contributed by atoms with E-state index in [1.54, 1.807) is 13.8 Å². The van der Waals surface area contributed by atoms with E-state index in [9.17, 15) is 23.3 Å². The molecule has 0 radical (unpaired) electrons. The molecular formula is C20H30N4O5S. The van der Waals surface area contributed by atoms with Gasteiger partial charge < -0.3 is 9.80 Å². The van der Waals surface area contributed by atoms with Crippen LogP contribution in [0.3, 0.4) is 0 Å². The Bertz CT molecular complexity index is 886. The van der Waals surface area contributed by atoms with Gasteiger partial charge in [0.05, 0.1) is 9.82 Å². The first-order chi connectivity index (χ1) is 14.3. The van der Waals surface area contributed by atoms with Gasteiger partial charge in [0.2, 0.25) is 15.9 Å². The van der Waals surface area contributed by atoms with Crippen LogP contribution in [0.1, 0.15) is 39.5 Å². The number of anilines is 1. The summed E-state index contributed by atoms with van der Waals surface area (Å²) < 4.78 is 26.8. The molecule has 0 atom stereocenters. The average Bonchev–Trinajstić information content (AvgIpc) is 3.28. The summed E-state index contributed by atoms with van der Waals surface area (Å²) in [5, 5.41) is 11.7. The number of likely N-dealkylation sites (tertiary alicyclic amines) is 1.